The number of rotatable bonds is 1. The summed E-state index contributed by atoms with van der Waals surface area (Å²) in [5.74, 6) is 0.934. The first-order valence-electron chi connectivity index (χ1n) is 4.68. The van der Waals surface area contributed by atoms with Crippen molar-refractivity contribution in [3.8, 4) is 0 Å². The van der Waals surface area contributed by atoms with Gasteiger partial charge in [-0.05, 0) is 6.42 Å². The molecule has 0 amide bonds. The van der Waals surface area contributed by atoms with Gasteiger partial charge in [-0.2, -0.15) is 0 Å². The average molecular weight is 222 g/mol. The fraction of sp³-hybridized carbons (Fsp3) is 0.300. The van der Waals surface area contributed by atoms with Crippen LogP contribution >= 0.6 is 11.8 Å². The van der Waals surface area contributed by atoms with Crippen molar-refractivity contribution in [3.63, 3.8) is 0 Å². The van der Waals surface area contributed by atoms with Gasteiger partial charge >= 0.3 is 0 Å². The maximum absolute atomic E-state index is 10.7. The third kappa shape index (κ3) is 2.36. The van der Waals surface area contributed by atoms with Crippen LogP contribution in [0, 0.1) is 10.1 Å². The van der Waals surface area contributed by atoms with Crippen LogP contribution in [-0.2, 0) is 0 Å². The summed E-state index contributed by atoms with van der Waals surface area (Å²) in [5.41, 5.74) is 1.08. The second-order valence-corrected chi connectivity index (χ2v) is 4.33. The van der Waals surface area contributed by atoms with E-state index < -0.39 is 0 Å². The van der Waals surface area contributed by atoms with Gasteiger partial charge in [0.15, 0.2) is 0 Å². The highest BCUT2D eigenvalue weighted by Gasteiger charge is 2.15. The predicted molar refractivity (Wildman–Crippen MR) is 61.4 cm³/mol. The molecule has 4 nitrogen and oxygen atoms in total. The van der Waals surface area contributed by atoms with Gasteiger partial charge in [0.2, 0.25) is 0 Å². The van der Waals surface area contributed by atoms with Gasteiger partial charge in [0, 0.05) is 35.4 Å². The number of nitro groups is 1. The third-order valence-electron chi connectivity index (χ3n) is 2.13. The van der Waals surface area contributed by atoms with Crippen LogP contribution in [0.5, 0.6) is 0 Å². The fourth-order valence-corrected chi connectivity index (χ4v) is 2.36. The Morgan fingerprint density at radius 2 is 2.40 bits per heavy atom. The predicted octanol–water partition coefficient (Wildman–Crippen LogP) is 2.53. The molecular weight excluding hydrogens is 212 g/mol. The molecule has 0 spiro atoms. The van der Waals surface area contributed by atoms with Crippen molar-refractivity contribution in [2.75, 3.05) is 5.75 Å². The van der Waals surface area contributed by atoms with E-state index in [0.717, 1.165) is 22.8 Å². The van der Waals surface area contributed by atoms with Gasteiger partial charge in [0.25, 0.3) is 5.70 Å². The van der Waals surface area contributed by atoms with E-state index in [0.29, 0.717) is 6.42 Å². The normalized spacial score (nSPS) is 20.4. The molecule has 0 aromatic carbocycles. The molecular formula is C10H10N2O2S. The van der Waals surface area contributed by atoms with Crippen LogP contribution in [-0.4, -0.2) is 16.9 Å². The molecule has 1 heterocycles. The number of aliphatic imine (C=N–C) groups is 1. The highest BCUT2D eigenvalue weighted by atomic mass is 32.2. The molecule has 78 valence electrons. The second-order valence-electron chi connectivity index (χ2n) is 3.19. The monoisotopic (exact) mass is 222 g/mol. The molecule has 15 heavy (non-hydrogen) atoms. The molecule has 0 radical (unpaired) electrons. The van der Waals surface area contributed by atoms with Crippen molar-refractivity contribution in [2.45, 2.75) is 12.8 Å². The van der Waals surface area contributed by atoms with E-state index in [1.807, 2.05) is 6.21 Å². The lowest BCUT2D eigenvalue weighted by Crippen LogP contribution is -1.95. The molecule has 0 fully saturated rings. The zero-order chi connectivity index (χ0) is 10.7. The highest BCUT2D eigenvalue weighted by molar-refractivity contribution is 8.03. The van der Waals surface area contributed by atoms with Gasteiger partial charge in [-0.3, -0.25) is 15.1 Å². The smallest absolute Gasteiger partial charge is 0.264 e. The van der Waals surface area contributed by atoms with E-state index in [1.165, 1.54) is 0 Å². The Labute approximate surface area is 91.6 Å². The van der Waals surface area contributed by atoms with Gasteiger partial charge in [-0.15, -0.1) is 11.8 Å². The lowest BCUT2D eigenvalue weighted by Gasteiger charge is -2.00. The minimum absolute atomic E-state index is 0.143. The number of nitrogens with zero attached hydrogens (tertiary/aromatic N) is 2. The van der Waals surface area contributed by atoms with Crippen LogP contribution < -0.4 is 0 Å². The summed E-state index contributed by atoms with van der Waals surface area (Å²) in [7, 11) is 0. The minimum Gasteiger partial charge on any atom is -0.264 e. The van der Waals surface area contributed by atoms with Crippen molar-refractivity contribution in [3.05, 3.63) is 44.6 Å². The maximum atomic E-state index is 10.7. The standard InChI is InChI=1S/C10H10N2O2S/c13-12(14)8-3-1-4-9-10(7-8)15-6-2-5-11-9/h1,3,5,7H,2,4,6H2. The summed E-state index contributed by atoms with van der Waals surface area (Å²) in [5, 5.41) is 10.7. The van der Waals surface area contributed by atoms with Crippen LogP contribution in [0.4, 0.5) is 0 Å². The van der Waals surface area contributed by atoms with E-state index in [1.54, 1.807) is 30.0 Å². The lowest BCUT2D eigenvalue weighted by atomic mass is 10.3. The maximum Gasteiger partial charge on any atom is 0.270 e. The molecule has 0 bridgehead atoms. The van der Waals surface area contributed by atoms with Crippen LogP contribution in [0.15, 0.2) is 39.5 Å². The Kier molecular flexibility index (Phi) is 3.01. The van der Waals surface area contributed by atoms with Crippen LogP contribution in [0.2, 0.25) is 0 Å². The van der Waals surface area contributed by atoms with E-state index in [2.05, 4.69) is 4.99 Å². The molecule has 0 aromatic rings. The summed E-state index contributed by atoms with van der Waals surface area (Å²) in [6.45, 7) is 0. The molecule has 0 aromatic heterocycles. The molecule has 0 unspecified atom stereocenters. The zero-order valence-corrected chi connectivity index (χ0v) is 8.87. The van der Waals surface area contributed by atoms with Crippen molar-refractivity contribution in [2.24, 2.45) is 4.99 Å². The average Bonchev–Trinajstić information content (AvgIpc) is 2.50. The van der Waals surface area contributed by atoms with Crippen LogP contribution in [0.1, 0.15) is 12.8 Å². The molecule has 2 aliphatic rings. The molecule has 0 saturated heterocycles. The topological polar surface area (TPSA) is 55.5 Å². The van der Waals surface area contributed by atoms with E-state index in [9.17, 15) is 10.1 Å². The molecule has 5 heteroatoms. The summed E-state index contributed by atoms with van der Waals surface area (Å²) in [6.07, 6.45) is 8.43. The third-order valence-corrected chi connectivity index (χ3v) is 3.23. The Morgan fingerprint density at radius 1 is 1.53 bits per heavy atom. The van der Waals surface area contributed by atoms with E-state index in [-0.39, 0.29) is 10.6 Å². The van der Waals surface area contributed by atoms with Gasteiger partial charge in [0.1, 0.15) is 0 Å². The van der Waals surface area contributed by atoms with E-state index >= 15 is 0 Å². The first-order chi connectivity index (χ1) is 7.27. The van der Waals surface area contributed by atoms with Crippen molar-refractivity contribution in [1.82, 2.24) is 0 Å². The van der Waals surface area contributed by atoms with Gasteiger partial charge in [-0.25, -0.2) is 0 Å². The van der Waals surface area contributed by atoms with Gasteiger partial charge < -0.3 is 0 Å². The quantitative estimate of drug-likeness (QED) is 0.506. The Bertz CT molecular complexity index is 408. The molecule has 2 rings (SSSR count). The van der Waals surface area contributed by atoms with Crippen molar-refractivity contribution >= 4 is 18.0 Å². The largest absolute Gasteiger partial charge is 0.270 e. The molecule has 1 aliphatic heterocycles. The highest BCUT2D eigenvalue weighted by Crippen LogP contribution is 2.30. The molecule has 1 aliphatic carbocycles. The Balaban J connectivity index is 2.38. The minimum atomic E-state index is -0.360. The lowest BCUT2D eigenvalue weighted by molar-refractivity contribution is -0.419. The van der Waals surface area contributed by atoms with Crippen LogP contribution in [0.3, 0.4) is 0 Å². The van der Waals surface area contributed by atoms with Crippen molar-refractivity contribution in [1.29, 1.82) is 0 Å². The summed E-state index contributed by atoms with van der Waals surface area (Å²) < 4.78 is 0. The van der Waals surface area contributed by atoms with Crippen LogP contribution in [0.25, 0.3) is 0 Å². The summed E-state index contributed by atoms with van der Waals surface area (Å²) >= 11 is 1.64. The second kappa shape index (κ2) is 4.44. The van der Waals surface area contributed by atoms with Gasteiger partial charge in [0.05, 0.1) is 10.6 Å². The first kappa shape index (κ1) is 10.2. The Morgan fingerprint density at radius 3 is 3.20 bits per heavy atom. The van der Waals surface area contributed by atoms with Crippen molar-refractivity contribution < 1.29 is 4.92 Å². The Hall–Kier alpha value is -1.36. The molecule has 0 N–H and O–H groups in total. The number of allylic oxidation sites excluding steroid dienone is 3. The zero-order valence-electron chi connectivity index (χ0n) is 8.05. The number of thioether (sulfide) groups is 1. The van der Waals surface area contributed by atoms with E-state index in [4.69, 9.17) is 0 Å². The first-order valence-corrected chi connectivity index (χ1v) is 5.67. The number of hydrogen-bond donors (Lipinski definition) is 0. The molecule has 0 saturated carbocycles. The molecule has 0 atom stereocenters. The van der Waals surface area contributed by atoms with Gasteiger partial charge in [-0.1, -0.05) is 6.08 Å². The SMILES string of the molecule is O=[N+]([O-])C1=CC2=C(CC=C1)N=CCCS2. The summed E-state index contributed by atoms with van der Waals surface area (Å²) in [6, 6.07) is 0. The summed E-state index contributed by atoms with van der Waals surface area (Å²) in [4.78, 5) is 15.6. The number of hydrogen-bond acceptors (Lipinski definition) is 4. The fourth-order valence-electron chi connectivity index (χ4n) is 1.41.